The average Bonchev–Trinajstić information content (AvgIpc) is 2.50. The highest BCUT2D eigenvalue weighted by atomic mass is 35.5. The Hall–Kier alpha value is -2.26. The number of hydrogen-bond acceptors (Lipinski definition) is 2. The summed E-state index contributed by atoms with van der Waals surface area (Å²) in [5, 5.41) is 1.03. The highest BCUT2D eigenvalue weighted by molar-refractivity contribution is 6.30. The second-order valence-corrected chi connectivity index (χ2v) is 5.13. The average molecular weight is 300 g/mol. The second kappa shape index (κ2) is 5.62. The summed E-state index contributed by atoms with van der Waals surface area (Å²) in [6.07, 6.45) is 0.131. The molecule has 3 aromatic rings. The van der Waals surface area contributed by atoms with Crippen LogP contribution in [0.5, 0.6) is 0 Å². The van der Waals surface area contributed by atoms with E-state index in [2.05, 4.69) is 4.98 Å². The van der Waals surface area contributed by atoms with Crippen LogP contribution in [-0.4, -0.2) is 10.8 Å². The molecule has 1 heterocycles. The van der Waals surface area contributed by atoms with Gasteiger partial charge in [-0.1, -0.05) is 35.9 Å². The fourth-order valence-electron chi connectivity index (χ4n) is 2.14. The third kappa shape index (κ3) is 2.93. The van der Waals surface area contributed by atoms with Crippen LogP contribution in [-0.2, 0) is 6.42 Å². The molecule has 0 aliphatic rings. The lowest BCUT2D eigenvalue weighted by Crippen LogP contribution is -2.05. The Balaban J connectivity index is 1.87. The van der Waals surface area contributed by atoms with Gasteiger partial charge in [0.2, 0.25) is 0 Å². The van der Waals surface area contributed by atoms with E-state index in [1.807, 2.05) is 36.4 Å². The number of carbonyl (C=O) groups is 1. The van der Waals surface area contributed by atoms with Gasteiger partial charge in [0.15, 0.2) is 5.78 Å². The van der Waals surface area contributed by atoms with E-state index in [-0.39, 0.29) is 17.2 Å². The summed E-state index contributed by atoms with van der Waals surface area (Å²) >= 11 is 5.61. The van der Waals surface area contributed by atoms with Crippen LogP contribution in [0.3, 0.4) is 0 Å². The molecule has 0 unspecified atom stereocenters. The van der Waals surface area contributed by atoms with E-state index in [1.165, 1.54) is 12.1 Å². The first-order valence-electron chi connectivity index (χ1n) is 6.46. The van der Waals surface area contributed by atoms with Crippen molar-refractivity contribution in [2.45, 2.75) is 6.42 Å². The molecule has 3 rings (SSSR count). The van der Waals surface area contributed by atoms with Crippen LogP contribution in [0, 0.1) is 5.82 Å². The lowest BCUT2D eigenvalue weighted by Gasteiger charge is -2.04. The first-order valence-corrected chi connectivity index (χ1v) is 6.84. The van der Waals surface area contributed by atoms with Gasteiger partial charge in [-0.3, -0.25) is 9.78 Å². The molecule has 0 amide bonds. The summed E-state index contributed by atoms with van der Waals surface area (Å²) in [5.74, 6) is -0.776. The molecule has 2 nitrogen and oxygen atoms in total. The molecule has 0 N–H and O–H groups in total. The van der Waals surface area contributed by atoms with Crippen molar-refractivity contribution in [3.8, 4) is 0 Å². The Kier molecular flexibility index (Phi) is 3.67. The maximum atomic E-state index is 13.4. The highest BCUT2D eigenvalue weighted by Gasteiger charge is 2.11. The van der Waals surface area contributed by atoms with Crippen molar-refractivity contribution in [3.05, 3.63) is 76.7 Å². The Morgan fingerprint density at radius 2 is 1.90 bits per heavy atom. The van der Waals surface area contributed by atoms with Crippen LogP contribution in [0.1, 0.15) is 16.1 Å². The number of Topliss-reactive ketones (excluding diaryl/α,β-unsaturated/α-hetero) is 1. The number of fused-ring (bicyclic) bond motifs is 1. The van der Waals surface area contributed by atoms with E-state index in [1.54, 1.807) is 0 Å². The molecular formula is C17H11ClFNO. The fraction of sp³-hybridized carbons (Fsp3) is 0.0588. The highest BCUT2D eigenvalue weighted by Crippen LogP contribution is 2.18. The number of nitrogens with zero attached hydrogens (tertiary/aromatic N) is 1. The Morgan fingerprint density at radius 1 is 1.10 bits per heavy atom. The van der Waals surface area contributed by atoms with Gasteiger partial charge in [0, 0.05) is 16.6 Å². The van der Waals surface area contributed by atoms with Crippen molar-refractivity contribution in [3.63, 3.8) is 0 Å². The van der Waals surface area contributed by atoms with Gasteiger partial charge < -0.3 is 0 Å². The number of rotatable bonds is 3. The number of pyridine rings is 1. The SMILES string of the molecule is O=C(Cc1ccc2ccccc2n1)c1ccc(Cl)c(F)c1. The summed E-state index contributed by atoms with van der Waals surface area (Å²) in [4.78, 5) is 16.6. The van der Waals surface area contributed by atoms with Crippen molar-refractivity contribution in [1.82, 2.24) is 4.98 Å². The molecule has 1 aromatic heterocycles. The largest absolute Gasteiger partial charge is 0.294 e. The number of hydrogen-bond donors (Lipinski definition) is 0. The Bertz CT molecular complexity index is 832. The van der Waals surface area contributed by atoms with Gasteiger partial charge in [-0.25, -0.2) is 4.39 Å². The first-order chi connectivity index (χ1) is 10.1. The van der Waals surface area contributed by atoms with Crippen LogP contribution >= 0.6 is 11.6 Å². The van der Waals surface area contributed by atoms with Crippen molar-refractivity contribution in [1.29, 1.82) is 0 Å². The monoisotopic (exact) mass is 299 g/mol. The maximum Gasteiger partial charge on any atom is 0.168 e. The van der Waals surface area contributed by atoms with Crippen molar-refractivity contribution < 1.29 is 9.18 Å². The van der Waals surface area contributed by atoms with E-state index < -0.39 is 5.82 Å². The van der Waals surface area contributed by atoms with Gasteiger partial charge in [0.25, 0.3) is 0 Å². The first kappa shape index (κ1) is 13.7. The third-order valence-corrected chi connectivity index (χ3v) is 3.55. The minimum Gasteiger partial charge on any atom is -0.294 e. The van der Waals surface area contributed by atoms with Gasteiger partial charge in [-0.15, -0.1) is 0 Å². The summed E-state index contributed by atoms with van der Waals surface area (Å²) in [6, 6.07) is 15.5. The normalized spacial score (nSPS) is 10.8. The summed E-state index contributed by atoms with van der Waals surface area (Å²) in [5.41, 5.74) is 1.80. The van der Waals surface area contributed by atoms with E-state index in [9.17, 15) is 9.18 Å². The molecule has 0 aliphatic carbocycles. The second-order valence-electron chi connectivity index (χ2n) is 4.72. The molecule has 0 bridgehead atoms. The molecule has 0 saturated carbocycles. The van der Waals surface area contributed by atoms with Crippen molar-refractivity contribution in [2.75, 3.05) is 0 Å². The topological polar surface area (TPSA) is 30.0 Å². The van der Waals surface area contributed by atoms with Crippen LogP contribution in [0.15, 0.2) is 54.6 Å². The maximum absolute atomic E-state index is 13.4. The Morgan fingerprint density at radius 3 is 2.71 bits per heavy atom. The van der Waals surface area contributed by atoms with Crippen LogP contribution in [0.2, 0.25) is 5.02 Å². The van der Waals surface area contributed by atoms with E-state index in [4.69, 9.17) is 11.6 Å². The van der Waals surface area contributed by atoms with Gasteiger partial charge in [0.05, 0.1) is 17.0 Å². The number of benzene rings is 2. The van der Waals surface area contributed by atoms with Crippen LogP contribution in [0.4, 0.5) is 4.39 Å². The summed E-state index contributed by atoms with van der Waals surface area (Å²) < 4.78 is 13.4. The van der Waals surface area contributed by atoms with E-state index >= 15 is 0 Å². The fourth-order valence-corrected chi connectivity index (χ4v) is 2.26. The zero-order valence-corrected chi connectivity index (χ0v) is 11.8. The van der Waals surface area contributed by atoms with E-state index in [0.717, 1.165) is 17.0 Å². The quantitative estimate of drug-likeness (QED) is 0.669. The number of para-hydroxylation sites is 1. The number of aromatic nitrogens is 1. The molecule has 2 aromatic carbocycles. The van der Waals surface area contributed by atoms with Crippen molar-refractivity contribution in [2.24, 2.45) is 0 Å². The predicted octanol–water partition coefficient (Wildman–Crippen LogP) is 4.45. The number of carbonyl (C=O) groups excluding carboxylic acids is 1. The van der Waals surface area contributed by atoms with Gasteiger partial charge in [-0.2, -0.15) is 0 Å². The lowest BCUT2D eigenvalue weighted by atomic mass is 10.1. The molecule has 0 fully saturated rings. The minimum atomic E-state index is -0.589. The predicted molar refractivity (Wildman–Crippen MR) is 81.2 cm³/mol. The smallest absolute Gasteiger partial charge is 0.168 e. The van der Waals surface area contributed by atoms with Crippen molar-refractivity contribution >= 4 is 28.3 Å². The minimum absolute atomic E-state index is 0.00961. The molecule has 0 saturated heterocycles. The standard InChI is InChI=1S/C17H11ClFNO/c18-14-8-6-12(9-15(14)19)17(21)10-13-7-5-11-3-1-2-4-16(11)20-13/h1-9H,10H2. The number of halogens is 2. The Labute approximate surface area is 126 Å². The number of ketones is 1. The van der Waals surface area contributed by atoms with Gasteiger partial charge in [0.1, 0.15) is 5.82 Å². The molecule has 4 heteroatoms. The zero-order chi connectivity index (χ0) is 14.8. The van der Waals surface area contributed by atoms with Crippen LogP contribution < -0.4 is 0 Å². The molecule has 0 spiro atoms. The molecule has 104 valence electrons. The lowest BCUT2D eigenvalue weighted by molar-refractivity contribution is 0.0991. The summed E-state index contributed by atoms with van der Waals surface area (Å²) in [6.45, 7) is 0. The van der Waals surface area contributed by atoms with E-state index in [0.29, 0.717) is 11.3 Å². The molecule has 21 heavy (non-hydrogen) atoms. The molecule has 0 atom stereocenters. The molecular weight excluding hydrogens is 289 g/mol. The molecule has 0 radical (unpaired) electrons. The molecule has 0 aliphatic heterocycles. The summed E-state index contributed by atoms with van der Waals surface area (Å²) in [7, 11) is 0. The van der Waals surface area contributed by atoms with Crippen LogP contribution in [0.25, 0.3) is 10.9 Å². The third-order valence-electron chi connectivity index (χ3n) is 3.24. The van der Waals surface area contributed by atoms with Gasteiger partial charge in [-0.05, 0) is 30.3 Å². The zero-order valence-electron chi connectivity index (χ0n) is 11.0. The van der Waals surface area contributed by atoms with Gasteiger partial charge >= 0.3 is 0 Å².